The molecule has 0 bridgehead atoms. The van der Waals surface area contributed by atoms with Gasteiger partial charge in [0.1, 0.15) is 0 Å². The Balaban J connectivity index is 2.93. The van der Waals surface area contributed by atoms with E-state index in [2.05, 4.69) is 11.9 Å². The van der Waals surface area contributed by atoms with Crippen LogP contribution in [0.25, 0.3) is 0 Å². The zero-order valence-corrected chi connectivity index (χ0v) is 11.1. The number of methoxy groups -OCH3 is 2. The summed E-state index contributed by atoms with van der Waals surface area (Å²) in [5, 5.41) is 3.38. The van der Waals surface area contributed by atoms with Crippen LogP contribution in [0.15, 0.2) is 30.9 Å². The lowest BCUT2D eigenvalue weighted by molar-refractivity contribution is 0.347. The summed E-state index contributed by atoms with van der Waals surface area (Å²) >= 11 is 0. The zero-order chi connectivity index (χ0) is 13.4. The minimum Gasteiger partial charge on any atom is -0.493 e. The predicted molar refractivity (Wildman–Crippen MR) is 74.2 cm³/mol. The van der Waals surface area contributed by atoms with Gasteiger partial charge in [-0.3, -0.25) is 0 Å². The Labute approximate surface area is 109 Å². The minimum absolute atomic E-state index is 0.0509. The van der Waals surface area contributed by atoms with Gasteiger partial charge in [0.2, 0.25) is 0 Å². The van der Waals surface area contributed by atoms with Crippen LogP contribution < -0.4 is 20.5 Å². The summed E-state index contributed by atoms with van der Waals surface area (Å²) in [6.45, 7) is 5.04. The topological polar surface area (TPSA) is 56.5 Å². The average molecular weight is 250 g/mol. The number of benzene rings is 1. The van der Waals surface area contributed by atoms with Gasteiger partial charge in [0.25, 0.3) is 0 Å². The SMILES string of the molecule is C=CCCNC(CN)c1cccc(OC)c1OC. The smallest absolute Gasteiger partial charge is 0.165 e. The fourth-order valence-electron chi connectivity index (χ4n) is 1.87. The quantitative estimate of drug-likeness (QED) is 0.546. The summed E-state index contributed by atoms with van der Waals surface area (Å²) < 4.78 is 10.7. The van der Waals surface area contributed by atoms with E-state index in [9.17, 15) is 0 Å². The maximum absolute atomic E-state index is 5.82. The van der Waals surface area contributed by atoms with E-state index in [0.29, 0.717) is 6.54 Å². The van der Waals surface area contributed by atoms with Crippen molar-refractivity contribution in [3.8, 4) is 11.5 Å². The van der Waals surface area contributed by atoms with Crippen LogP contribution in [0.1, 0.15) is 18.0 Å². The molecule has 0 heterocycles. The number of nitrogens with two attached hydrogens (primary N) is 1. The number of hydrogen-bond donors (Lipinski definition) is 2. The molecule has 1 rings (SSSR count). The van der Waals surface area contributed by atoms with E-state index in [1.165, 1.54) is 0 Å². The second kappa shape index (κ2) is 7.74. The molecule has 0 aliphatic heterocycles. The van der Waals surface area contributed by atoms with Crippen LogP contribution >= 0.6 is 0 Å². The van der Waals surface area contributed by atoms with Crippen LogP contribution in [0.3, 0.4) is 0 Å². The lowest BCUT2D eigenvalue weighted by atomic mass is 10.0. The van der Waals surface area contributed by atoms with Crippen LogP contribution in [0.5, 0.6) is 11.5 Å². The van der Waals surface area contributed by atoms with E-state index >= 15 is 0 Å². The summed E-state index contributed by atoms with van der Waals surface area (Å²) in [4.78, 5) is 0. The molecule has 4 nitrogen and oxygen atoms in total. The Hall–Kier alpha value is -1.52. The Kier molecular flexibility index (Phi) is 6.25. The molecule has 0 aliphatic carbocycles. The van der Waals surface area contributed by atoms with Gasteiger partial charge in [0, 0.05) is 18.2 Å². The van der Waals surface area contributed by atoms with Crippen molar-refractivity contribution in [2.24, 2.45) is 5.73 Å². The molecule has 3 N–H and O–H groups in total. The molecule has 1 aromatic carbocycles. The molecule has 100 valence electrons. The van der Waals surface area contributed by atoms with Crippen LogP contribution in [0.2, 0.25) is 0 Å². The lowest BCUT2D eigenvalue weighted by Gasteiger charge is -2.21. The highest BCUT2D eigenvalue weighted by atomic mass is 16.5. The molecule has 1 unspecified atom stereocenters. The highest BCUT2D eigenvalue weighted by Gasteiger charge is 2.17. The van der Waals surface area contributed by atoms with Gasteiger partial charge in [-0.1, -0.05) is 18.2 Å². The maximum Gasteiger partial charge on any atom is 0.165 e. The van der Waals surface area contributed by atoms with Gasteiger partial charge in [-0.15, -0.1) is 6.58 Å². The molecular formula is C14H22N2O2. The molecule has 1 atom stereocenters. The standard InChI is InChI=1S/C14H22N2O2/c1-4-5-9-16-12(10-15)11-7-6-8-13(17-2)14(11)18-3/h4,6-8,12,16H,1,5,9-10,15H2,2-3H3. The lowest BCUT2D eigenvalue weighted by Crippen LogP contribution is -2.29. The van der Waals surface area contributed by atoms with Crippen molar-refractivity contribution in [1.82, 2.24) is 5.32 Å². The van der Waals surface area contributed by atoms with Crippen LogP contribution in [-0.2, 0) is 0 Å². The first kappa shape index (κ1) is 14.5. The normalized spacial score (nSPS) is 11.9. The first-order valence-corrected chi connectivity index (χ1v) is 6.03. The van der Waals surface area contributed by atoms with E-state index in [1.54, 1.807) is 14.2 Å². The van der Waals surface area contributed by atoms with Crippen LogP contribution in [0.4, 0.5) is 0 Å². The van der Waals surface area contributed by atoms with Crippen LogP contribution in [-0.4, -0.2) is 27.3 Å². The second-order valence-electron chi connectivity index (χ2n) is 3.90. The second-order valence-corrected chi connectivity index (χ2v) is 3.90. The summed E-state index contributed by atoms with van der Waals surface area (Å²) in [5.74, 6) is 1.46. The van der Waals surface area contributed by atoms with E-state index in [1.807, 2.05) is 24.3 Å². The van der Waals surface area contributed by atoms with Gasteiger partial charge in [-0.05, 0) is 19.0 Å². The van der Waals surface area contributed by atoms with Gasteiger partial charge in [-0.2, -0.15) is 0 Å². The Morgan fingerprint density at radius 1 is 1.39 bits per heavy atom. The molecule has 0 aliphatic rings. The van der Waals surface area contributed by atoms with Crippen LogP contribution in [0, 0.1) is 0 Å². The molecule has 0 spiro atoms. The van der Waals surface area contributed by atoms with E-state index < -0.39 is 0 Å². The Morgan fingerprint density at radius 2 is 2.17 bits per heavy atom. The van der Waals surface area contributed by atoms with Crippen molar-refractivity contribution in [3.63, 3.8) is 0 Å². The number of nitrogens with one attached hydrogen (secondary N) is 1. The van der Waals surface area contributed by atoms with E-state index in [4.69, 9.17) is 15.2 Å². The monoisotopic (exact) mass is 250 g/mol. The third kappa shape index (κ3) is 3.48. The third-order valence-corrected chi connectivity index (χ3v) is 2.78. The first-order valence-electron chi connectivity index (χ1n) is 6.03. The average Bonchev–Trinajstić information content (AvgIpc) is 2.42. The first-order chi connectivity index (χ1) is 8.78. The molecule has 0 amide bonds. The number of hydrogen-bond acceptors (Lipinski definition) is 4. The zero-order valence-electron chi connectivity index (χ0n) is 11.1. The third-order valence-electron chi connectivity index (χ3n) is 2.78. The Morgan fingerprint density at radius 3 is 2.72 bits per heavy atom. The fraction of sp³-hybridized carbons (Fsp3) is 0.429. The molecular weight excluding hydrogens is 228 g/mol. The molecule has 18 heavy (non-hydrogen) atoms. The van der Waals surface area contributed by atoms with Crippen molar-refractivity contribution >= 4 is 0 Å². The Bertz CT molecular complexity index is 380. The van der Waals surface area contributed by atoms with Gasteiger partial charge in [0.15, 0.2) is 11.5 Å². The van der Waals surface area contributed by atoms with Crippen molar-refractivity contribution in [3.05, 3.63) is 36.4 Å². The number of rotatable bonds is 8. The van der Waals surface area contributed by atoms with Crippen molar-refractivity contribution in [2.75, 3.05) is 27.3 Å². The molecule has 0 aromatic heterocycles. The summed E-state index contributed by atoms with van der Waals surface area (Å²) in [6.07, 6.45) is 2.78. The fourth-order valence-corrected chi connectivity index (χ4v) is 1.87. The van der Waals surface area contributed by atoms with E-state index in [0.717, 1.165) is 30.0 Å². The molecule has 0 radical (unpaired) electrons. The summed E-state index contributed by atoms with van der Waals surface area (Å²) in [6, 6.07) is 5.86. The van der Waals surface area contributed by atoms with Crippen molar-refractivity contribution in [1.29, 1.82) is 0 Å². The largest absolute Gasteiger partial charge is 0.493 e. The van der Waals surface area contributed by atoms with Gasteiger partial charge in [-0.25, -0.2) is 0 Å². The molecule has 4 heteroatoms. The highest BCUT2D eigenvalue weighted by molar-refractivity contribution is 5.48. The van der Waals surface area contributed by atoms with E-state index in [-0.39, 0.29) is 6.04 Å². The predicted octanol–water partition coefficient (Wildman–Crippen LogP) is 1.87. The molecule has 0 saturated heterocycles. The van der Waals surface area contributed by atoms with Crippen molar-refractivity contribution in [2.45, 2.75) is 12.5 Å². The number of para-hydroxylation sites is 1. The maximum atomic E-state index is 5.82. The highest BCUT2D eigenvalue weighted by Crippen LogP contribution is 2.34. The van der Waals surface area contributed by atoms with Gasteiger partial charge < -0.3 is 20.5 Å². The molecule has 0 fully saturated rings. The summed E-state index contributed by atoms with van der Waals surface area (Å²) in [5.41, 5.74) is 6.83. The summed E-state index contributed by atoms with van der Waals surface area (Å²) in [7, 11) is 3.27. The van der Waals surface area contributed by atoms with Gasteiger partial charge >= 0.3 is 0 Å². The number of ether oxygens (including phenoxy) is 2. The molecule has 0 saturated carbocycles. The van der Waals surface area contributed by atoms with Crippen molar-refractivity contribution < 1.29 is 9.47 Å². The van der Waals surface area contributed by atoms with Gasteiger partial charge in [0.05, 0.1) is 14.2 Å². The molecule has 1 aromatic rings. The minimum atomic E-state index is 0.0509.